The first kappa shape index (κ1) is 19.8. The summed E-state index contributed by atoms with van der Waals surface area (Å²) in [6.45, 7) is 6.63. The van der Waals surface area contributed by atoms with Gasteiger partial charge in [-0.25, -0.2) is 4.79 Å². The number of nitrogens with one attached hydrogen (secondary N) is 1. The molecular weight excluding hydrogens is 372 g/mol. The Morgan fingerprint density at radius 3 is 2.23 bits per heavy atom. The van der Waals surface area contributed by atoms with Crippen molar-refractivity contribution < 1.29 is 9.53 Å². The van der Waals surface area contributed by atoms with Crippen molar-refractivity contribution in [3.8, 4) is 0 Å². The van der Waals surface area contributed by atoms with Gasteiger partial charge in [-0.1, -0.05) is 59.7 Å². The summed E-state index contributed by atoms with van der Waals surface area (Å²) in [5.74, 6) is 0.804. The van der Waals surface area contributed by atoms with E-state index in [0.29, 0.717) is 6.61 Å². The zero-order chi connectivity index (χ0) is 21.1. The van der Waals surface area contributed by atoms with E-state index in [9.17, 15) is 4.79 Å². The molecule has 4 heteroatoms. The molecule has 0 fully saturated rings. The maximum Gasteiger partial charge on any atom is 0.327 e. The van der Waals surface area contributed by atoms with Crippen LogP contribution in [0, 0.1) is 13.8 Å². The number of amides is 2. The molecule has 152 valence electrons. The molecular formula is C26H26N2O2. The van der Waals surface area contributed by atoms with Gasteiger partial charge in [0.05, 0.1) is 18.3 Å². The number of nitrogens with zero attached hydrogens (tertiary/aromatic N) is 1. The Labute approximate surface area is 177 Å². The van der Waals surface area contributed by atoms with Gasteiger partial charge in [-0.2, -0.15) is 0 Å². The van der Waals surface area contributed by atoms with Gasteiger partial charge in [-0.15, -0.1) is 0 Å². The fraction of sp³-hybridized carbons (Fsp3) is 0.192. The molecule has 1 unspecified atom stereocenters. The second kappa shape index (κ2) is 8.46. The first-order valence-corrected chi connectivity index (χ1v) is 10.2. The SMILES string of the molecule is CCOC1=CC(c2ccc(C)cc2)N(C(=O)Nc2ccc(C)cc2)c2ccccc21. The van der Waals surface area contributed by atoms with Crippen LogP contribution >= 0.6 is 0 Å². The van der Waals surface area contributed by atoms with Gasteiger partial charge < -0.3 is 10.1 Å². The van der Waals surface area contributed by atoms with Gasteiger partial charge >= 0.3 is 6.03 Å². The van der Waals surface area contributed by atoms with Crippen LogP contribution in [0.1, 0.15) is 35.2 Å². The molecule has 0 saturated heterocycles. The third-order valence-electron chi connectivity index (χ3n) is 5.26. The van der Waals surface area contributed by atoms with Crippen LogP contribution in [0.2, 0.25) is 0 Å². The van der Waals surface area contributed by atoms with Crippen molar-refractivity contribution in [1.82, 2.24) is 0 Å². The van der Waals surface area contributed by atoms with Crippen molar-refractivity contribution >= 4 is 23.2 Å². The molecule has 30 heavy (non-hydrogen) atoms. The van der Waals surface area contributed by atoms with Crippen molar-refractivity contribution in [2.45, 2.75) is 26.8 Å². The summed E-state index contributed by atoms with van der Waals surface area (Å²) in [4.78, 5) is 15.3. The number of carbonyl (C=O) groups is 1. The zero-order valence-corrected chi connectivity index (χ0v) is 17.6. The number of carbonyl (C=O) groups excluding carboxylic acids is 1. The molecule has 1 atom stereocenters. The molecule has 0 saturated carbocycles. The van der Waals surface area contributed by atoms with Gasteiger partial charge in [0.2, 0.25) is 0 Å². The van der Waals surface area contributed by atoms with Gasteiger partial charge in [0.25, 0.3) is 0 Å². The van der Waals surface area contributed by atoms with E-state index < -0.39 is 0 Å². The molecule has 2 amide bonds. The van der Waals surface area contributed by atoms with Crippen molar-refractivity contribution in [2.75, 3.05) is 16.8 Å². The minimum absolute atomic E-state index is 0.177. The van der Waals surface area contributed by atoms with Crippen molar-refractivity contribution in [2.24, 2.45) is 0 Å². The molecule has 3 aromatic carbocycles. The number of anilines is 2. The highest BCUT2D eigenvalue weighted by Crippen LogP contribution is 2.41. The lowest BCUT2D eigenvalue weighted by molar-refractivity contribution is 0.255. The summed E-state index contributed by atoms with van der Waals surface area (Å²) in [6.07, 6.45) is 2.03. The van der Waals surface area contributed by atoms with E-state index >= 15 is 0 Å². The summed E-state index contributed by atoms with van der Waals surface area (Å²) in [7, 11) is 0. The maximum absolute atomic E-state index is 13.5. The Bertz CT molecular complexity index is 1070. The highest BCUT2D eigenvalue weighted by Gasteiger charge is 2.33. The maximum atomic E-state index is 13.5. The van der Waals surface area contributed by atoms with Gasteiger partial charge in [0, 0.05) is 11.3 Å². The zero-order valence-electron chi connectivity index (χ0n) is 17.6. The number of fused-ring (bicyclic) bond motifs is 1. The van der Waals surface area contributed by atoms with E-state index in [4.69, 9.17) is 4.74 Å². The average Bonchev–Trinajstić information content (AvgIpc) is 2.76. The molecule has 0 spiro atoms. The Balaban J connectivity index is 1.78. The van der Waals surface area contributed by atoms with E-state index in [-0.39, 0.29) is 12.1 Å². The predicted octanol–water partition coefficient (Wildman–Crippen LogP) is 6.47. The summed E-state index contributed by atoms with van der Waals surface area (Å²) < 4.78 is 5.95. The fourth-order valence-corrected chi connectivity index (χ4v) is 3.70. The Hall–Kier alpha value is -3.53. The number of hydrogen-bond donors (Lipinski definition) is 1. The van der Waals surface area contributed by atoms with Crippen LogP contribution < -0.4 is 10.2 Å². The van der Waals surface area contributed by atoms with Gasteiger partial charge in [-0.3, -0.25) is 4.90 Å². The summed E-state index contributed by atoms with van der Waals surface area (Å²) >= 11 is 0. The van der Waals surface area contributed by atoms with E-state index in [1.165, 1.54) is 5.56 Å². The molecule has 0 aliphatic carbocycles. The molecule has 0 aromatic heterocycles. The van der Waals surface area contributed by atoms with E-state index in [1.54, 1.807) is 0 Å². The second-order valence-electron chi connectivity index (χ2n) is 7.50. The monoisotopic (exact) mass is 398 g/mol. The smallest absolute Gasteiger partial charge is 0.327 e. The lowest BCUT2D eigenvalue weighted by Crippen LogP contribution is -2.40. The van der Waals surface area contributed by atoms with Crippen LogP contribution in [0.25, 0.3) is 5.76 Å². The standard InChI is InChI=1S/C26H26N2O2/c1-4-30-25-17-24(20-13-9-18(2)10-14-20)28(23-8-6-5-7-22(23)25)26(29)27-21-15-11-19(3)12-16-21/h5-17,24H,4H2,1-3H3,(H,27,29). The predicted molar refractivity (Wildman–Crippen MR) is 123 cm³/mol. The molecule has 1 aliphatic rings. The number of hydrogen-bond acceptors (Lipinski definition) is 2. The lowest BCUT2D eigenvalue weighted by Gasteiger charge is -2.36. The van der Waals surface area contributed by atoms with Crippen LogP contribution in [0.3, 0.4) is 0 Å². The van der Waals surface area contributed by atoms with Gasteiger partial charge in [-0.05, 0) is 56.7 Å². The first-order chi connectivity index (χ1) is 14.6. The first-order valence-electron chi connectivity index (χ1n) is 10.2. The molecule has 1 aliphatic heterocycles. The lowest BCUT2D eigenvalue weighted by atomic mass is 9.95. The highest BCUT2D eigenvalue weighted by molar-refractivity contribution is 6.05. The van der Waals surface area contributed by atoms with Crippen LogP contribution in [-0.2, 0) is 4.74 Å². The minimum atomic E-state index is -0.271. The molecule has 1 heterocycles. The molecule has 4 rings (SSSR count). The quantitative estimate of drug-likeness (QED) is 0.547. The van der Waals surface area contributed by atoms with Gasteiger partial charge in [0.15, 0.2) is 0 Å². The van der Waals surface area contributed by atoms with Crippen LogP contribution in [-0.4, -0.2) is 12.6 Å². The molecule has 1 N–H and O–H groups in total. The van der Waals surface area contributed by atoms with Crippen LogP contribution in [0.5, 0.6) is 0 Å². The second-order valence-corrected chi connectivity index (χ2v) is 7.50. The largest absolute Gasteiger partial charge is 0.493 e. The van der Waals surface area contributed by atoms with Crippen molar-refractivity contribution in [1.29, 1.82) is 0 Å². The van der Waals surface area contributed by atoms with Crippen molar-refractivity contribution in [3.05, 3.63) is 101 Å². The minimum Gasteiger partial charge on any atom is -0.493 e. The van der Waals surface area contributed by atoms with E-state index in [2.05, 4.69) is 36.5 Å². The Kier molecular flexibility index (Phi) is 5.57. The molecule has 0 bridgehead atoms. The van der Waals surface area contributed by atoms with E-state index in [0.717, 1.165) is 33.8 Å². The number of rotatable bonds is 4. The average molecular weight is 399 g/mol. The number of aryl methyl sites for hydroxylation is 2. The fourth-order valence-electron chi connectivity index (χ4n) is 3.70. The molecule has 3 aromatic rings. The number of para-hydroxylation sites is 1. The van der Waals surface area contributed by atoms with Gasteiger partial charge in [0.1, 0.15) is 5.76 Å². The normalized spacial score (nSPS) is 15.2. The number of urea groups is 1. The number of ether oxygens (including phenoxy) is 1. The van der Waals surface area contributed by atoms with E-state index in [1.807, 2.05) is 73.4 Å². The summed E-state index contributed by atoms with van der Waals surface area (Å²) in [6, 6.07) is 23.5. The van der Waals surface area contributed by atoms with Crippen LogP contribution in [0.15, 0.2) is 78.9 Å². The van der Waals surface area contributed by atoms with Crippen LogP contribution in [0.4, 0.5) is 16.2 Å². The number of benzene rings is 3. The topological polar surface area (TPSA) is 41.6 Å². The third-order valence-corrected chi connectivity index (χ3v) is 5.26. The highest BCUT2D eigenvalue weighted by atomic mass is 16.5. The molecule has 0 radical (unpaired) electrons. The Morgan fingerprint density at radius 2 is 1.57 bits per heavy atom. The third kappa shape index (κ3) is 3.94. The molecule has 4 nitrogen and oxygen atoms in total. The Morgan fingerprint density at radius 1 is 0.933 bits per heavy atom. The van der Waals surface area contributed by atoms with Crippen molar-refractivity contribution in [3.63, 3.8) is 0 Å². The summed E-state index contributed by atoms with van der Waals surface area (Å²) in [5, 5.41) is 3.05. The summed E-state index contributed by atoms with van der Waals surface area (Å²) in [5.41, 5.74) is 5.88.